The molecule has 0 saturated heterocycles. The molecule has 1 aromatic heterocycles. The first-order chi connectivity index (χ1) is 14.2. The van der Waals surface area contributed by atoms with Crippen LogP contribution in [0.2, 0.25) is 0 Å². The van der Waals surface area contributed by atoms with Gasteiger partial charge in [0.15, 0.2) is 0 Å². The number of carbonyl (C=O) groups is 2. The van der Waals surface area contributed by atoms with Crippen LogP contribution < -0.4 is 11.5 Å². The van der Waals surface area contributed by atoms with Gasteiger partial charge in [0.1, 0.15) is 0 Å². The van der Waals surface area contributed by atoms with Gasteiger partial charge in [0, 0.05) is 28.4 Å². The van der Waals surface area contributed by atoms with Crippen LogP contribution in [0.4, 0.5) is 13.2 Å². The highest BCUT2D eigenvalue weighted by atomic mass is 19.4. The van der Waals surface area contributed by atoms with Gasteiger partial charge >= 0.3 is 6.18 Å². The second kappa shape index (κ2) is 6.91. The zero-order valence-electron chi connectivity index (χ0n) is 15.5. The summed E-state index contributed by atoms with van der Waals surface area (Å²) in [6.45, 7) is 0.205. The zero-order chi connectivity index (χ0) is 21.6. The van der Waals surface area contributed by atoms with Crippen LogP contribution in [0, 0.1) is 6.07 Å². The second-order valence-corrected chi connectivity index (χ2v) is 6.86. The van der Waals surface area contributed by atoms with Crippen LogP contribution in [0.3, 0.4) is 0 Å². The predicted octanol–water partition coefficient (Wildman–Crippen LogP) is 3.86. The van der Waals surface area contributed by atoms with Crippen LogP contribution in [0.15, 0.2) is 54.6 Å². The third kappa shape index (κ3) is 3.26. The number of alkyl halides is 3. The van der Waals surface area contributed by atoms with Crippen LogP contribution in [0.25, 0.3) is 21.8 Å². The molecule has 1 heterocycles. The average Bonchev–Trinajstić information content (AvgIpc) is 3.01. The Morgan fingerprint density at radius 3 is 2.27 bits per heavy atom. The zero-order valence-corrected chi connectivity index (χ0v) is 15.5. The monoisotopic (exact) mass is 410 g/mol. The first kappa shape index (κ1) is 19.5. The fourth-order valence-electron chi connectivity index (χ4n) is 3.55. The van der Waals surface area contributed by atoms with Gasteiger partial charge in [-0.15, -0.1) is 0 Å². The van der Waals surface area contributed by atoms with Crippen molar-refractivity contribution in [3.63, 3.8) is 0 Å². The summed E-state index contributed by atoms with van der Waals surface area (Å²) < 4.78 is 41.6. The van der Waals surface area contributed by atoms with E-state index in [2.05, 4.69) is 6.07 Å². The number of carbonyl (C=O) groups excluding carboxylic acids is 2. The van der Waals surface area contributed by atoms with Crippen LogP contribution in [0.1, 0.15) is 31.8 Å². The first-order valence-electron chi connectivity index (χ1n) is 8.89. The molecule has 0 aliphatic carbocycles. The highest BCUT2D eigenvalue weighted by Crippen LogP contribution is 2.36. The molecule has 0 atom stereocenters. The average molecular weight is 410 g/mol. The summed E-state index contributed by atoms with van der Waals surface area (Å²) >= 11 is 0. The van der Waals surface area contributed by atoms with Gasteiger partial charge in [-0.2, -0.15) is 13.2 Å². The Bertz CT molecular complexity index is 1310. The van der Waals surface area contributed by atoms with E-state index < -0.39 is 23.6 Å². The summed E-state index contributed by atoms with van der Waals surface area (Å²) in [4.78, 5) is 23.2. The first-order valence-corrected chi connectivity index (χ1v) is 8.89. The minimum atomic E-state index is -4.54. The smallest absolute Gasteiger partial charge is 0.366 e. The molecular weight excluding hydrogens is 395 g/mol. The molecule has 30 heavy (non-hydrogen) atoms. The minimum absolute atomic E-state index is 0.205. The third-order valence-electron chi connectivity index (χ3n) is 4.97. The molecule has 0 spiro atoms. The highest BCUT2D eigenvalue weighted by molar-refractivity contribution is 6.17. The van der Waals surface area contributed by atoms with Crippen LogP contribution in [-0.2, 0) is 12.7 Å². The van der Waals surface area contributed by atoms with Gasteiger partial charge in [-0.3, -0.25) is 9.59 Å². The van der Waals surface area contributed by atoms with Gasteiger partial charge < -0.3 is 16.0 Å². The molecule has 0 unspecified atom stereocenters. The molecule has 1 radical (unpaired) electrons. The van der Waals surface area contributed by atoms with Crippen molar-refractivity contribution in [2.24, 2.45) is 11.5 Å². The normalized spacial score (nSPS) is 11.8. The van der Waals surface area contributed by atoms with E-state index in [1.165, 1.54) is 6.07 Å². The van der Waals surface area contributed by atoms with Gasteiger partial charge in [0.2, 0.25) is 11.8 Å². The Labute approximate surface area is 168 Å². The van der Waals surface area contributed by atoms with Crippen molar-refractivity contribution < 1.29 is 22.8 Å². The standard InChI is InChI=1S/C22H15F3N3O2/c23-22(24,25)14-8-9-15-18(10-14)28(11-12-4-6-13(7-5-12)20(26)29)17-3-1-2-16(19(15)17)21(27)30/h1-8,10H,11H2,(H2,26,29)(H2,27,30). The summed E-state index contributed by atoms with van der Waals surface area (Å²) in [5.41, 5.74) is 12.0. The number of hydrogen-bond donors (Lipinski definition) is 2. The molecule has 0 aliphatic rings. The van der Waals surface area contributed by atoms with Crippen molar-refractivity contribution in [3.05, 3.63) is 82.9 Å². The third-order valence-corrected chi connectivity index (χ3v) is 4.97. The van der Waals surface area contributed by atoms with Gasteiger partial charge in [-0.05, 0) is 48.0 Å². The van der Waals surface area contributed by atoms with E-state index in [-0.39, 0.29) is 17.6 Å². The lowest BCUT2D eigenvalue weighted by Gasteiger charge is -2.10. The van der Waals surface area contributed by atoms with Gasteiger partial charge in [0.05, 0.1) is 16.6 Å². The lowest BCUT2D eigenvalue weighted by Crippen LogP contribution is -2.11. The Kier molecular flexibility index (Phi) is 4.49. The maximum absolute atomic E-state index is 13.3. The number of nitrogens with zero attached hydrogens (tertiary/aromatic N) is 1. The van der Waals surface area contributed by atoms with Crippen molar-refractivity contribution in [3.8, 4) is 0 Å². The molecule has 5 nitrogen and oxygen atoms in total. The van der Waals surface area contributed by atoms with E-state index in [9.17, 15) is 22.8 Å². The van der Waals surface area contributed by atoms with Crippen molar-refractivity contribution >= 4 is 33.6 Å². The maximum Gasteiger partial charge on any atom is 0.416 e. The molecule has 0 fully saturated rings. The molecule has 0 aliphatic heterocycles. The van der Waals surface area contributed by atoms with E-state index >= 15 is 0 Å². The molecule has 151 valence electrons. The summed E-state index contributed by atoms with van der Waals surface area (Å²) in [5.74, 6) is -1.26. The van der Waals surface area contributed by atoms with E-state index in [0.717, 1.165) is 17.7 Å². The van der Waals surface area contributed by atoms with E-state index in [4.69, 9.17) is 11.5 Å². The molecule has 2 amide bonds. The Morgan fingerprint density at radius 2 is 1.67 bits per heavy atom. The minimum Gasteiger partial charge on any atom is -0.366 e. The Balaban J connectivity index is 1.98. The Hall–Kier alpha value is -3.81. The second-order valence-electron chi connectivity index (χ2n) is 6.86. The van der Waals surface area contributed by atoms with Gasteiger partial charge in [-0.1, -0.05) is 18.2 Å². The fraction of sp³-hybridized carbons (Fsp3) is 0.0909. The largest absolute Gasteiger partial charge is 0.416 e. The maximum atomic E-state index is 13.3. The summed E-state index contributed by atoms with van der Waals surface area (Å²) in [5, 5.41) is 0.823. The highest BCUT2D eigenvalue weighted by Gasteiger charge is 2.31. The van der Waals surface area contributed by atoms with Crippen molar-refractivity contribution in [1.82, 2.24) is 4.57 Å². The fourth-order valence-corrected chi connectivity index (χ4v) is 3.55. The number of fused-ring (bicyclic) bond motifs is 3. The molecule has 3 aromatic carbocycles. The number of rotatable bonds is 4. The lowest BCUT2D eigenvalue weighted by molar-refractivity contribution is -0.137. The number of halogens is 3. The summed E-state index contributed by atoms with van der Waals surface area (Å²) in [6.07, 6.45) is -4.54. The quantitative estimate of drug-likeness (QED) is 0.535. The molecule has 8 heteroatoms. The molecular formula is C22H15F3N3O2. The van der Waals surface area contributed by atoms with E-state index in [1.54, 1.807) is 41.0 Å². The molecule has 0 saturated carbocycles. The SMILES string of the molecule is NC(=O)c1ccc(Cn2c3cc(C(F)(F)F)c[c]c3c3c(C(N)=O)cccc32)cc1. The predicted molar refractivity (Wildman–Crippen MR) is 106 cm³/mol. The van der Waals surface area contributed by atoms with Crippen molar-refractivity contribution in [1.29, 1.82) is 0 Å². The van der Waals surface area contributed by atoms with Crippen LogP contribution in [0.5, 0.6) is 0 Å². The summed E-state index contributed by atoms with van der Waals surface area (Å²) in [6, 6.07) is 15.9. The molecule has 0 bridgehead atoms. The lowest BCUT2D eigenvalue weighted by atomic mass is 10.0. The summed E-state index contributed by atoms with van der Waals surface area (Å²) in [7, 11) is 0. The number of aromatic nitrogens is 1. The number of hydrogen-bond acceptors (Lipinski definition) is 2. The van der Waals surface area contributed by atoms with Crippen molar-refractivity contribution in [2.45, 2.75) is 12.7 Å². The number of benzene rings is 3. The van der Waals surface area contributed by atoms with Gasteiger partial charge in [-0.25, -0.2) is 0 Å². The molecule has 4 aromatic rings. The molecule has 4 rings (SSSR count). The van der Waals surface area contributed by atoms with E-state index in [1.807, 2.05) is 0 Å². The number of amides is 2. The van der Waals surface area contributed by atoms with E-state index in [0.29, 0.717) is 21.9 Å². The number of nitrogens with two attached hydrogens (primary N) is 2. The van der Waals surface area contributed by atoms with Gasteiger partial charge in [0.25, 0.3) is 0 Å². The molecule has 4 N–H and O–H groups in total. The van der Waals surface area contributed by atoms with Crippen LogP contribution in [-0.4, -0.2) is 16.4 Å². The van der Waals surface area contributed by atoms with Crippen LogP contribution >= 0.6 is 0 Å². The van der Waals surface area contributed by atoms with Crippen molar-refractivity contribution in [2.75, 3.05) is 0 Å². The Morgan fingerprint density at radius 1 is 0.967 bits per heavy atom. The number of primary amides is 2. The topological polar surface area (TPSA) is 91.1 Å².